The first kappa shape index (κ1) is 11.3. The van der Waals surface area contributed by atoms with E-state index in [9.17, 15) is 10.1 Å². The summed E-state index contributed by atoms with van der Waals surface area (Å²) in [6.45, 7) is 0.880. The van der Waals surface area contributed by atoms with E-state index in [2.05, 4.69) is 10.3 Å². The number of pyridine rings is 1. The Morgan fingerprint density at radius 2 is 2.47 bits per heavy atom. The lowest BCUT2D eigenvalue weighted by Gasteiger charge is -1.94. The zero-order valence-electron chi connectivity index (χ0n) is 8.51. The summed E-state index contributed by atoms with van der Waals surface area (Å²) < 4.78 is 0. The maximum atomic E-state index is 10.5. The molecule has 5 nitrogen and oxygen atoms in total. The van der Waals surface area contributed by atoms with Gasteiger partial charge >= 0.3 is 0 Å². The molecule has 0 unspecified atom stereocenters. The van der Waals surface area contributed by atoms with Crippen LogP contribution in [0.25, 0.3) is 6.08 Å². The first-order valence-electron chi connectivity index (χ1n) is 4.65. The fraction of sp³-hybridized carbons (Fsp3) is 0.300. The van der Waals surface area contributed by atoms with Gasteiger partial charge in [-0.2, -0.15) is 0 Å². The van der Waals surface area contributed by atoms with Crippen LogP contribution in [0.5, 0.6) is 0 Å². The summed E-state index contributed by atoms with van der Waals surface area (Å²) >= 11 is 0. The molecule has 0 saturated heterocycles. The highest BCUT2D eigenvalue weighted by Gasteiger charge is 2.04. The zero-order valence-corrected chi connectivity index (χ0v) is 8.51. The van der Waals surface area contributed by atoms with Crippen molar-refractivity contribution in [3.63, 3.8) is 0 Å². The average molecular weight is 207 g/mol. The van der Waals surface area contributed by atoms with Gasteiger partial charge in [-0.3, -0.25) is 15.1 Å². The van der Waals surface area contributed by atoms with Gasteiger partial charge in [-0.25, -0.2) is 0 Å². The van der Waals surface area contributed by atoms with Crippen LogP contribution >= 0.6 is 0 Å². The monoisotopic (exact) mass is 207 g/mol. The smallest absolute Gasteiger partial charge is 0.273 e. The molecular formula is C10H13N3O2. The summed E-state index contributed by atoms with van der Waals surface area (Å²) in [5.74, 6) is 0. The minimum Gasteiger partial charge on any atom is -0.319 e. The Hall–Kier alpha value is -1.75. The van der Waals surface area contributed by atoms with Gasteiger partial charge in [-0.15, -0.1) is 0 Å². The van der Waals surface area contributed by atoms with Crippen molar-refractivity contribution in [2.24, 2.45) is 0 Å². The van der Waals surface area contributed by atoms with Gasteiger partial charge in [-0.05, 0) is 26.1 Å². The molecule has 0 aromatic carbocycles. The zero-order chi connectivity index (χ0) is 11.1. The Morgan fingerprint density at radius 3 is 3.13 bits per heavy atom. The number of rotatable bonds is 5. The molecule has 15 heavy (non-hydrogen) atoms. The van der Waals surface area contributed by atoms with Crippen LogP contribution in [0.15, 0.2) is 24.4 Å². The molecule has 0 aliphatic heterocycles. The highest BCUT2D eigenvalue weighted by atomic mass is 16.6. The van der Waals surface area contributed by atoms with E-state index in [4.69, 9.17) is 0 Å². The van der Waals surface area contributed by atoms with Gasteiger partial charge in [0.15, 0.2) is 0 Å². The van der Waals surface area contributed by atoms with Crippen LogP contribution in [0.1, 0.15) is 12.1 Å². The SMILES string of the molecule is CNCCC=Cc1cc([N+](=O)[O-])ccn1. The Morgan fingerprint density at radius 1 is 1.67 bits per heavy atom. The van der Waals surface area contributed by atoms with Crippen LogP contribution in [0.4, 0.5) is 5.69 Å². The van der Waals surface area contributed by atoms with E-state index in [1.807, 2.05) is 13.1 Å². The highest BCUT2D eigenvalue weighted by Crippen LogP contribution is 2.11. The van der Waals surface area contributed by atoms with E-state index in [0.717, 1.165) is 13.0 Å². The minimum absolute atomic E-state index is 0.0678. The van der Waals surface area contributed by atoms with E-state index in [1.54, 1.807) is 6.08 Å². The van der Waals surface area contributed by atoms with Gasteiger partial charge < -0.3 is 5.32 Å². The van der Waals surface area contributed by atoms with E-state index < -0.39 is 4.92 Å². The van der Waals surface area contributed by atoms with Gasteiger partial charge in [0, 0.05) is 18.3 Å². The number of hydrogen-bond donors (Lipinski definition) is 1. The fourth-order valence-electron chi connectivity index (χ4n) is 1.07. The quantitative estimate of drug-likeness (QED) is 0.452. The Kier molecular flexibility index (Phi) is 4.43. The molecule has 0 amide bonds. The summed E-state index contributed by atoms with van der Waals surface area (Å²) in [5, 5.41) is 13.5. The molecule has 1 heterocycles. The summed E-state index contributed by atoms with van der Waals surface area (Å²) in [5.41, 5.74) is 0.679. The molecule has 1 aromatic rings. The van der Waals surface area contributed by atoms with Crippen LogP contribution in [0.3, 0.4) is 0 Å². The molecule has 80 valence electrons. The second kappa shape index (κ2) is 5.87. The predicted molar refractivity (Wildman–Crippen MR) is 58.5 cm³/mol. The lowest BCUT2D eigenvalue weighted by atomic mass is 10.3. The van der Waals surface area contributed by atoms with Crippen LogP contribution in [-0.4, -0.2) is 23.5 Å². The molecule has 0 aliphatic carbocycles. The normalized spacial score (nSPS) is 10.7. The molecule has 0 saturated carbocycles. The van der Waals surface area contributed by atoms with Gasteiger partial charge in [0.1, 0.15) is 0 Å². The summed E-state index contributed by atoms with van der Waals surface area (Å²) in [6, 6.07) is 2.83. The third-order valence-electron chi connectivity index (χ3n) is 1.83. The van der Waals surface area contributed by atoms with Gasteiger partial charge in [0.2, 0.25) is 0 Å². The number of nitrogens with zero attached hydrogens (tertiary/aromatic N) is 2. The van der Waals surface area contributed by atoms with Crippen molar-refractivity contribution >= 4 is 11.8 Å². The van der Waals surface area contributed by atoms with Crippen molar-refractivity contribution in [2.45, 2.75) is 6.42 Å². The van der Waals surface area contributed by atoms with Crippen LogP contribution < -0.4 is 5.32 Å². The Bertz CT molecular complexity index is 363. The van der Waals surface area contributed by atoms with Crippen molar-refractivity contribution < 1.29 is 4.92 Å². The molecule has 1 rings (SSSR count). The van der Waals surface area contributed by atoms with E-state index in [-0.39, 0.29) is 5.69 Å². The van der Waals surface area contributed by atoms with Crippen molar-refractivity contribution in [3.05, 3.63) is 40.2 Å². The lowest BCUT2D eigenvalue weighted by Crippen LogP contribution is -2.05. The molecule has 0 bridgehead atoms. The summed E-state index contributed by atoms with van der Waals surface area (Å²) in [7, 11) is 1.87. The van der Waals surface area contributed by atoms with Crippen LogP contribution in [0.2, 0.25) is 0 Å². The van der Waals surface area contributed by atoms with Crippen molar-refractivity contribution in [3.8, 4) is 0 Å². The molecule has 0 atom stereocenters. The molecule has 0 spiro atoms. The average Bonchev–Trinajstić information content (AvgIpc) is 2.25. The molecule has 1 N–H and O–H groups in total. The van der Waals surface area contributed by atoms with E-state index >= 15 is 0 Å². The first-order valence-corrected chi connectivity index (χ1v) is 4.65. The molecule has 5 heteroatoms. The third kappa shape index (κ3) is 3.86. The maximum absolute atomic E-state index is 10.5. The van der Waals surface area contributed by atoms with Crippen LogP contribution in [0, 0.1) is 10.1 Å². The summed E-state index contributed by atoms with van der Waals surface area (Å²) in [4.78, 5) is 14.1. The number of aromatic nitrogens is 1. The van der Waals surface area contributed by atoms with Crippen molar-refractivity contribution in [1.29, 1.82) is 0 Å². The van der Waals surface area contributed by atoms with Crippen molar-refractivity contribution in [2.75, 3.05) is 13.6 Å². The topological polar surface area (TPSA) is 68.1 Å². The Balaban J connectivity index is 2.65. The molecular weight excluding hydrogens is 194 g/mol. The standard InChI is InChI=1S/C10H13N3O2/c1-11-6-3-2-4-9-8-10(13(14)15)5-7-12-9/h2,4-5,7-8,11H,3,6H2,1H3. The van der Waals surface area contributed by atoms with Crippen LogP contribution in [-0.2, 0) is 0 Å². The largest absolute Gasteiger partial charge is 0.319 e. The predicted octanol–water partition coefficient (Wildman–Crippen LogP) is 1.61. The third-order valence-corrected chi connectivity index (χ3v) is 1.83. The number of nitrogens with one attached hydrogen (secondary N) is 1. The van der Waals surface area contributed by atoms with E-state index in [1.165, 1.54) is 18.3 Å². The fourth-order valence-corrected chi connectivity index (χ4v) is 1.07. The number of hydrogen-bond acceptors (Lipinski definition) is 4. The van der Waals surface area contributed by atoms with Crippen molar-refractivity contribution in [1.82, 2.24) is 10.3 Å². The molecule has 1 aromatic heterocycles. The first-order chi connectivity index (χ1) is 7.24. The van der Waals surface area contributed by atoms with Gasteiger partial charge in [0.25, 0.3) is 5.69 Å². The molecule has 0 aliphatic rings. The second-order valence-electron chi connectivity index (χ2n) is 2.99. The summed E-state index contributed by atoms with van der Waals surface area (Å²) in [6.07, 6.45) is 6.03. The molecule has 0 fully saturated rings. The highest BCUT2D eigenvalue weighted by molar-refractivity contribution is 5.48. The van der Waals surface area contributed by atoms with Gasteiger partial charge in [-0.1, -0.05) is 6.08 Å². The minimum atomic E-state index is -0.424. The number of nitro groups is 1. The maximum Gasteiger partial charge on any atom is 0.273 e. The lowest BCUT2D eigenvalue weighted by molar-refractivity contribution is -0.384. The van der Waals surface area contributed by atoms with E-state index in [0.29, 0.717) is 5.69 Å². The molecule has 0 radical (unpaired) electrons. The van der Waals surface area contributed by atoms with Gasteiger partial charge in [0.05, 0.1) is 10.6 Å². The second-order valence-corrected chi connectivity index (χ2v) is 2.99. The Labute approximate surface area is 88.0 Å².